The highest BCUT2D eigenvalue weighted by Gasteiger charge is 2.58. The number of ether oxygens (including phenoxy) is 1. The van der Waals surface area contributed by atoms with Gasteiger partial charge in [0.1, 0.15) is 34.8 Å². The topological polar surface area (TPSA) is 268 Å². The summed E-state index contributed by atoms with van der Waals surface area (Å²) in [5.41, 5.74) is 1.94. The Balaban J connectivity index is 1.53. The number of aliphatic carboxylic acids is 1. The van der Waals surface area contributed by atoms with Crippen molar-refractivity contribution in [3.8, 4) is 5.75 Å². The lowest BCUT2D eigenvalue weighted by atomic mass is 9.84. The molecule has 0 unspecified atom stereocenters. The lowest BCUT2D eigenvalue weighted by molar-refractivity contribution is -0.218. The number of nitrogens with zero attached hydrogens (tertiary/aromatic N) is 3. The van der Waals surface area contributed by atoms with Crippen LogP contribution in [0.15, 0.2) is 29.4 Å². The van der Waals surface area contributed by atoms with Crippen molar-refractivity contribution in [3.05, 3.63) is 40.4 Å². The predicted octanol–water partition coefficient (Wildman–Crippen LogP) is 0.114. The minimum atomic E-state index is -5.16. The van der Waals surface area contributed by atoms with Gasteiger partial charge in [0.15, 0.2) is 10.8 Å². The number of hydroxylamine groups is 2. The number of hydrogen-bond acceptors (Lipinski definition) is 14. The maximum atomic E-state index is 13.8. The summed E-state index contributed by atoms with van der Waals surface area (Å²) in [5.74, 6) is -4.12. The number of amides is 2. The van der Waals surface area contributed by atoms with Gasteiger partial charge >= 0.3 is 22.5 Å². The summed E-state index contributed by atoms with van der Waals surface area (Å²) in [6.07, 6.45) is -6.26. The summed E-state index contributed by atoms with van der Waals surface area (Å²) in [5, 5.41) is 29.1. The van der Waals surface area contributed by atoms with Gasteiger partial charge in [-0.05, 0) is 51.1 Å². The average Bonchev–Trinajstić information content (AvgIpc) is 3.65. The predicted molar refractivity (Wildman–Crippen MR) is 159 cm³/mol. The number of carboxylic acid groups (broad SMARTS) is 1. The number of halogens is 3. The number of amidine groups is 1. The molecule has 23 heteroatoms. The largest absolute Gasteiger partial charge is 0.489 e. The van der Waals surface area contributed by atoms with Crippen molar-refractivity contribution in [2.45, 2.75) is 50.2 Å². The van der Waals surface area contributed by atoms with Gasteiger partial charge in [0, 0.05) is 18.2 Å². The number of carbonyl (C=O) groups excluding carboxylic acids is 2. The lowest BCUT2D eigenvalue weighted by Gasteiger charge is -2.50. The molecule has 262 valence electrons. The van der Waals surface area contributed by atoms with E-state index in [1.54, 1.807) is 12.1 Å². The van der Waals surface area contributed by atoms with Crippen molar-refractivity contribution in [2.24, 2.45) is 5.16 Å². The molecule has 0 bridgehead atoms. The van der Waals surface area contributed by atoms with Crippen LogP contribution in [0.4, 0.5) is 18.3 Å². The van der Waals surface area contributed by atoms with Gasteiger partial charge in [-0.15, -0.1) is 4.28 Å². The van der Waals surface area contributed by atoms with E-state index in [0.29, 0.717) is 12.1 Å². The number of benzene rings is 1. The second-order valence-corrected chi connectivity index (χ2v) is 12.9. The van der Waals surface area contributed by atoms with Crippen LogP contribution in [0.1, 0.15) is 36.4 Å². The van der Waals surface area contributed by atoms with Crippen LogP contribution in [0, 0.1) is 5.41 Å². The molecule has 2 aliphatic rings. The fraction of sp³-hybridized carbons (Fsp3) is 0.440. The maximum absolute atomic E-state index is 13.8. The highest BCUT2D eigenvalue weighted by atomic mass is 32.3. The van der Waals surface area contributed by atoms with Crippen LogP contribution in [0.5, 0.6) is 5.75 Å². The van der Waals surface area contributed by atoms with Crippen molar-refractivity contribution < 1.29 is 59.5 Å². The molecule has 1 aromatic heterocycles. The number of anilines is 1. The SMILES string of the molecule is CC1(C)[C@H](NC(=O)/C(=N\O[C@@H](COc2ccc(C(=N)N[C@H]3CCNC3)cc2)C(=O)O)c2nc(N)sc2C(F)(F)F)C(=O)N1OS(=O)(=O)O. The van der Waals surface area contributed by atoms with Crippen LogP contribution in [0.2, 0.25) is 0 Å². The third-order valence-corrected chi connectivity index (χ3v) is 8.23. The van der Waals surface area contributed by atoms with Gasteiger partial charge < -0.3 is 36.4 Å². The molecule has 0 spiro atoms. The number of nitrogens with one attached hydrogen (secondary N) is 4. The Labute approximate surface area is 273 Å². The molecule has 8 N–H and O–H groups in total. The molecule has 3 heterocycles. The van der Waals surface area contributed by atoms with Gasteiger partial charge in [-0.25, -0.2) is 9.78 Å². The monoisotopic (exact) mass is 722 g/mol. The first kappa shape index (κ1) is 36.3. The van der Waals surface area contributed by atoms with Crippen LogP contribution < -0.4 is 26.4 Å². The molecule has 2 fully saturated rings. The van der Waals surface area contributed by atoms with Gasteiger partial charge in [-0.2, -0.15) is 26.7 Å². The van der Waals surface area contributed by atoms with Gasteiger partial charge in [0.05, 0.1) is 5.54 Å². The quantitative estimate of drug-likeness (QED) is 0.0476. The second kappa shape index (κ2) is 13.9. The number of nitrogens with two attached hydrogens (primary N) is 1. The van der Waals surface area contributed by atoms with Crippen molar-refractivity contribution in [1.29, 1.82) is 5.41 Å². The number of carbonyl (C=O) groups is 3. The molecule has 2 aromatic rings. The molecule has 2 aliphatic heterocycles. The number of alkyl halides is 3. The molecule has 1 aromatic carbocycles. The third-order valence-electron chi connectivity index (χ3n) is 6.96. The molecular formula is C25H29F3N8O10S2. The first-order valence-electron chi connectivity index (χ1n) is 13.7. The zero-order chi connectivity index (χ0) is 35.6. The van der Waals surface area contributed by atoms with E-state index in [-0.39, 0.29) is 34.0 Å². The Morgan fingerprint density at radius 2 is 1.96 bits per heavy atom. The average molecular weight is 723 g/mol. The maximum Gasteiger partial charge on any atom is 0.427 e. The number of β-lactam (4-membered cyclic amide) rings is 1. The van der Waals surface area contributed by atoms with Crippen LogP contribution in [0.3, 0.4) is 0 Å². The molecule has 4 rings (SSSR count). The zero-order valence-electron chi connectivity index (χ0n) is 24.9. The molecule has 18 nitrogen and oxygen atoms in total. The molecule has 2 saturated heterocycles. The number of oxime groups is 1. The van der Waals surface area contributed by atoms with Gasteiger partial charge in [-0.3, -0.25) is 19.6 Å². The smallest absolute Gasteiger partial charge is 0.427 e. The molecule has 0 radical (unpaired) electrons. The number of hydrogen-bond donors (Lipinski definition) is 7. The standard InChI is InChI=1S/C25H29F3N8O10S2/c1-24(2)17(21(38)36(24)46-48(41,42)43)34-20(37)16(15-18(25(26,27)28)47-23(30)33-15)35-45-14(22(39)40)10-44-13-5-3-11(4-6-13)19(29)32-12-7-8-31-9-12/h3-6,12,14,17,31H,7-10H2,1-2H3,(H2,29,32)(H2,30,33)(H,34,37)(H,39,40)(H,41,42,43)/b35-16-/t12-,14-,17+/m0/s1. The summed E-state index contributed by atoms with van der Waals surface area (Å²) in [6, 6.07) is 4.44. The summed E-state index contributed by atoms with van der Waals surface area (Å²) < 4.78 is 82.2. The van der Waals surface area contributed by atoms with Gasteiger partial charge in [0.2, 0.25) is 0 Å². The Kier molecular flexibility index (Phi) is 10.5. The summed E-state index contributed by atoms with van der Waals surface area (Å²) in [6.45, 7) is 3.17. The van der Waals surface area contributed by atoms with E-state index in [0.717, 1.165) is 13.0 Å². The number of aromatic nitrogens is 1. The van der Waals surface area contributed by atoms with Crippen LogP contribution in [0.25, 0.3) is 0 Å². The minimum Gasteiger partial charge on any atom is -0.489 e. The highest BCUT2D eigenvalue weighted by Crippen LogP contribution is 2.38. The minimum absolute atomic E-state index is 0.0555. The summed E-state index contributed by atoms with van der Waals surface area (Å²) in [7, 11) is -5.16. The summed E-state index contributed by atoms with van der Waals surface area (Å²) in [4.78, 5) is 44.7. The van der Waals surface area contributed by atoms with Crippen molar-refractivity contribution in [3.63, 3.8) is 0 Å². The fourth-order valence-corrected chi connectivity index (χ4v) is 5.67. The normalized spacial score (nSPS) is 20.1. The fourth-order valence-electron chi connectivity index (χ4n) is 4.52. The number of carboxylic acids is 1. The van der Waals surface area contributed by atoms with E-state index >= 15 is 0 Å². The van der Waals surface area contributed by atoms with Gasteiger partial charge in [-0.1, -0.05) is 16.5 Å². The molecule has 2 amide bonds. The molecular weight excluding hydrogens is 693 g/mol. The number of nitrogen functional groups attached to an aromatic ring is 1. The van der Waals surface area contributed by atoms with Crippen LogP contribution in [-0.4, -0.2) is 101 Å². The lowest BCUT2D eigenvalue weighted by Crippen LogP contribution is -2.76. The number of thiazole rings is 1. The first-order chi connectivity index (χ1) is 22.3. The highest BCUT2D eigenvalue weighted by molar-refractivity contribution is 7.80. The van der Waals surface area contributed by atoms with Crippen LogP contribution >= 0.6 is 11.3 Å². The first-order valence-corrected chi connectivity index (χ1v) is 15.9. The van der Waals surface area contributed by atoms with E-state index < -0.39 is 80.1 Å². The van der Waals surface area contributed by atoms with E-state index in [1.807, 2.05) is 0 Å². The van der Waals surface area contributed by atoms with Gasteiger partial charge in [0.25, 0.3) is 17.9 Å². The molecule has 0 aliphatic carbocycles. The molecule has 3 atom stereocenters. The van der Waals surface area contributed by atoms with E-state index in [1.165, 1.54) is 26.0 Å². The van der Waals surface area contributed by atoms with E-state index in [4.69, 9.17) is 25.3 Å². The van der Waals surface area contributed by atoms with Crippen molar-refractivity contribution in [1.82, 2.24) is 26.0 Å². The third kappa shape index (κ3) is 8.46. The molecule has 48 heavy (non-hydrogen) atoms. The second-order valence-electron chi connectivity index (χ2n) is 10.8. The Hall–Kier alpha value is -4.58. The van der Waals surface area contributed by atoms with E-state index in [9.17, 15) is 41.1 Å². The molecule has 0 saturated carbocycles. The summed E-state index contributed by atoms with van der Waals surface area (Å²) >= 11 is -0.0555. The van der Waals surface area contributed by atoms with Crippen LogP contribution in [-0.2, 0) is 40.1 Å². The van der Waals surface area contributed by atoms with Crippen molar-refractivity contribution in [2.75, 3.05) is 25.4 Å². The van der Waals surface area contributed by atoms with Crippen molar-refractivity contribution >= 4 is 56.2 Å². The Morgan fingerprint density at radius 1 is 1.29 bits per heavy atom. The Morgan fingerprint density at radius 3 is 2.50 bits per heavy atom. The Bertz CT molecular complexity index is 1710. The van der Waals surface area contributed by atoms with E-state index in [2.05, 4.69) is 30.4 Å². The zero-order valence-corrected chi connectivity index (χ0v) is 26.5. The number of rotatable bonds is 13.